The largest absolute Gasteiger partial charge is 0.297 e. The summed E-state index contributed by atoms with van der Waals surface area (Å²) in [4.78, 5) is 26.6. The van der Waals surface area contributed by atoms with Crippen LogP contribution in [0.5, 0.6) is 0 Å². The normalized spacial score (nSPS) is 16.1. The Morgan fingerprint density at radius 2 is 1.78 bits per heavy atom. The Kier molecular flexibility index (Phi) is 5.26. The van der Waals surface area contributed by atoms with Gasteiger partial charge in [0.15, 0.2) is 11.5 Å². The van der Waals surface area contributed by atoms with Crippen molar-refractivity contribution in [3.8, 4) is 11.4 Å². The van der Waals surface area contributed by atoms with E-state index in [0.717, 1.165) is 41.8 Å². The first-order valence-electron chi connectivity index (χ1n) is 10.5. The summed E-state index contributed by atoms with van der Waals surface area (Å²) in [6, 6.07) is 17.2. The molecule has 0 saturated heterocycles. The van der Waals surface area contributed by atoms with E-state index in [1.165, 1.54) is 16.4 Å². The maximum absolute atomic E-state index is 13.4. The van der Waals surface area contributed by atoms with Gasteiger partial charge in [-0.05, 0) is 54.3 Å². The van der Waals surface area contributed by atoms with Gasteiger partial charge >= 0.3 is 0 Å². The number of Topliss-reactive ketones (excluding diaryl/α,β-unsaturated/α-hetero) is 1. The summed E-state index contributed by atoms with van der Waals surface area (Å²) in [7, 11) is 1.83. The van der Waals surface area contributed by atoms with Gasteiger partial charge in [-0.25, -0.2) is 4.68 Å². The molecule has 0 saturated carbocycles. The Labute approximate surface area is 188 Å². The number of carbonyl (C=O) groups excluding carboxylic acids is 1. The molecule has 2 heterocycles. The zero-order valence-corrected chi connectivity index (χ0v) is 18.6. The van der Waals surface area contributed by atoms with E-state index in [4.69, 9.17) is 0 Å². The van der Waals surface area contributed by atoms with Crippen molar-refractivity contribution in [2.24, 2.45) is 7.05 Å². The fourth-order valence-corrected chi connectivity index (χ4v) is 5.28. The van der Waals surface area contributed by atoms with Crippen LogP contribution in [0.3, 0.4) is 0 Å². The van der Waals surface area contributed by atoms with Gasteiger partial charge in [-0.1, -0.05) is 54.2 Å². The van der Waals surface area contributed by atoms with Crippen LogP contribution in [0.2, 0.25) is 0 Å². The lowest BCUT2D eigenvalue weighted by Gasteiger charge is -2.12. The Bertz CT molecular complexity index is 1350. The fraction of sp³-hybridized carbons (Fsp3) is 0.261. The van der Waals surface area contributed by atoms with Crippen molar-refractivity contribution >= 4 is 17.5 Å². The number of hydrogen-bond donors (Lipinski definition) is 0. The molecule has 0 bridgehead atoms. The number of aryl methyl sites for hydroxylation is 1. The molecular weight excluding hydrogens is 424 g/mol. The number of nitrogens with zero attached hydrogens (tertiary/aromatic N) is 6. The highest BCUT2D eigenvalue weighted by atomic mass is 32.2. The van der Waals surface area contributed by atoms with E-state index in [1.54, 1.807) is 9.36 Å². The summed E-state index contributed by atoms with van der Waals surface area (Å²) in [5, 5.41) is 12.2. The van der Waals surface area contributed by atoms with Crippen LogP contribution in [0.25, 0.3) is 11.4 Å². The summed E-state index contributed by atoms with van der Waals surface area (Å²) in [6.07, 6.45) is 2.52. The second kappa shape index (κ2) is 8.23. The number of tetrazole rings is 1. The molecule has 1 aliphatic rings. The molecule has 4 aromatic rings. The maximum Gasteiger partial charge on any atom is 0.297 e. The minimum absolute atomic E-state index is 0.0872. The van der Waals surface area contributed by atoms with E-state index >= 15 is 0 Å². The third-order valence-electron chi connectivity index (χ3n) is 5.91. The molecule has 2 aromatic carbocycles. The van der Waals surface area contributed by atoms with E-state index in [1.807, 2.05) is 68.6 Å². The van der Waals surface area contributed by atoms with Gasteiger partial charge < -0.3 is 0 Å². The lowest BCUT2D eigenvalue weighted by Crippen LogP contribution is -2.22. The van der Waals surface area contributed by atoms with Crippen LogP contribution in [0.4, 0.5) is 0 Å². The average molecular weight is 447 g/mol. The van der Waals surface area contributed by atoms with Crippen molar-refractivity contribution in [1.29, 1.82) is 0 Å². The predicted molar refractivity (Wildman–Crippen MR) is 122 cm³/mol. The number of ketones is 1. The van der Waals surface area contributed by atoms with Crippen LogP contribution in [-0.4, -0.2) is 40.6 Å². The first kappa shape index (κ1) is 20.4. The van der Waals surface area contributed by atoms with Crippen molar-refractivity contribution < 1.29 is 4.79 Å². The van der Waals surface area contributed by atoms with Gasteiger partial charge in [0.25, 0.3) is 5.56 Å². The van der Waals surface area contributed by atoms with Crippen molar-refractivity contribution in [2.45, 2.75) is 36.6 Å². The van der Waals surface area contributed by atoms with Crippen LogP contribution in [0, 0.1) is 6.92 Å². The van der Waals surface area contributed by atoms with Crippen molar-refractivity contribution in [1.82, 2.24) is 29.6 Å². The van der Waals surface area contributed by atoms with Gasteiger partial charge in [0.05, 0.1) is 16.6 Å². The molecule has 1 atom stereocenters. The summed E-state index contributed by atoms with van der Waals surface area (Å²) in [5.74, 6) is 0.0872. The third-order valence-corrected chi connectivity index (χ3v) is 7.11. The van der Waals surface area contributed by atoms with Gasteiger partial charge in [0, 0.05) is 12.6 Å². The first-order valence-corrected chi connectivity index (χ1v) is 11.4. The minimum atomic E-state index is -0.302. The molecule has 162 valence electrons. The number of aromatic nitrogens is 6. The zero-order chi connectivity index (χ0) is 22.2. The summed E-state index contributed by atoms with van der Waals surface area (Å²) in [5.41, 5.74) is 3.50. The smallest absolute Gasteiger partial charge is 0.293 e. The summed E-state index contributed by atoms with van der Waals surface area (Å²) in [6.45, 7) is 1.86. The molecule has 1 unspecified atom stereocenters. The highest BCUT2D eigenvalue weighted by molar-refractivity contribution is 8.00. The van der Waals surface area contributed by atoms with Crippen LogP contribution >= 0.6 is 11.8 Å². The van der Waals surface area contributed by atoms with Crippen LogP contribution in [0.1, 0.15) is 34.5 Å². The standard InChI is InChI=1S/C23H22N6O2S/c1-15-20(22(31)29(27(15)2)17-11-4-3-5-12-17)28-23(24-25-26-28)32-19-14-8-10-16-9-6-7-13-18(16)21(19)30/h3-7,9,11-13,19H,8,10,14H2,1-2H3. The highest BCUT2D eigenvalue weighted by Gasteiger charge is 2.29. The van der Waals surface area contributed by atoms with Gasteiger partial charge in [-0.15, -0.1) is 5.10 Å². The molecule has 0 amide bonds. The number of fused-ring (bicyclic) bond motifs is 1. The van der Waals surface area contributed by atoms with E-state index in [0.29, 0.717) is 10.8 Å². The van der Waals surface area contributed by atoms with Crippen molar-refractivity contribution in [2.75, 3.05) is 0 Å². The summed E-state index contributed by atoms with van der Waals surface area (Å²) < 4.78 is 4.84. The maximum atomic E-state index is 13.4. The Morgan fingerprint density at radius 3 is 2.59 bits per heavy atom. The molecule has 5 rings (SSSR count). The SMILES string of the molecule is Cc1c(-n2nnnc2SC2CCCc3ccccc3C2=O)c(=O)n(-c2ccccc2)n1C. The lowest BCUT2D eigenvalue weighted by molar-refractivity contribution is 0.0988. The predicted octanol–water partition coefficient (Wildman–Crippen LogP) is 3.14. The van der Waals surface area contributed by atoms with Crippen LogP contribution < -0.4 is 5.56 Å². The van der Waals surface area contributed by atoms with Crippen molar-refractivity contribution in [3.63, 3.8) is 0 Å². The second-order valence-electron chi connectivity index (χ2n) is 7.80. The van der Waals surface area contributed by atoms with E-state index in [9.17, 15) is 9.59 Å². The number of hydrogen-bond acceptors (Lipinski definition) is 6. The fourth-order valence-electron chi connectivity index (χ4n) is 4.19. The van der Waals surface area contributed by atoms with Gasteiger partial charge in [0.2, 0.25) is 5.16 Å². The monoisotopic (exact) mass is 446 g/mol. The van der Waals surface area contributed by atoms with E-state index < -0.39 is 0 Å². The van der Waals surface area contributed by atoms with Crippen molar-refractivity contribution in [3.05, 3.63) is 81.8 Å². The van der Waals surface area contributed by atoms with Gasteiger partial charge in [0.1, 0.15) is 0 Å². The average Bonchev–Trinajstić information content (AvgIpc) is 3.29. The first-order chi connectivity index (χ1) is 15.6. The highest BCUT2D eigenvalue weighted by Crippen LogP contribution is 2.32. The quantitative estimate of drug-likeness (QED) is 0.448. The number of carbonyl (C=O) groups is 1. The van der Waals surface area contributed by atoms with Gasteiger partial charge in [-0.3, -0.25) is 14.3 Å². The molecule has 0 N–H and O–H groups in total. The Hall–Kier alpha value is -3.46. The molecule has 0 spiro atoms. The molecule has 9 heteroatoms. The molecule has 0 aliphatic heterocycles. The zero-order valence-electron chi connectivity index (χ0n) is 17.8. The van der Waals surface area contributed by atoms with Crippen LogP contribution in [0.15, 0.2) is 64.5 Å². The Balaban J connectivity index is 1.53. The lowest BCUT2D eigenvalue weighted by atomic mass is 10.0. The second-order valence-corrected chi connectivity index (χ2v) is 8.97. The minimum Gasteiger partial charge on any atom is -0.293 e. The number of thioether (sulfide) groups is 1. The van der Waals surface area contributed by atoms with Gasteiger partial charge in [-0.2, -0.15) is 4.68 Å². The molecule has 0 fully saturated rings. The number of para-hydroxylation sites is 1. The summed E-state index contributed by atoms with van der Waals surface area (Å²) >= 11 is 1.33. The molecular formula is C23H22N6O2S. The number of rotatable bonds is 4. The number of benzene rings is 2. The van der Waals surface area contributed by atoms with E-state index in [-0.39, 0.29) is 16.6 Å². The van der Waals surface area contributed by atoms with Crippen LogP contribution in [-0.2, 0) is 13.5 Å². The third kappa shape index (κ3) is 3.38. The molecule has 2 aromatic heterocycles. The molecule has 0 radical (unpaired) electrons. The topological polar surface area (TPSA) is 87.6 Å². The molecule has 8 nitrogen and oxygen atoms in total. The molecule has 1 aliphatic carbocycles. The Morgan fingerprint density at radius 1 is 1.03 bits per heavy atom. The van der Waals surface area contributed by atoms with E-state index in [2.05, 4.69) is 15.5 Å². The molecule has 32 heavy (non-hydrogen) atoms.